The molecule has 18 heavy (non-hydrogen) atoms. The summed E-state index contributed by atoms with van der Waals surface area (Å²) < 4.78 is 26.3. The Balaban J connectivity index is 2.05. The van der Waals surface area contributed by atoms with Crippen molar-refractivity contribution in [1.82, 2.24) is 0 Å². The molecule has 2 atom stereocenters. The summed E-state index contributed by atoms with van der Waals surface area (Å²) in [6, 6.07) is 7.88. The second-order valence-corrected chi connectivity index (χ2v) is 5.44. The number of alkyl halides is 2. The molecule has 0 bridgehead atoms. The summed E-state index contributed by atoms with van der Waals surface area (Å²) in [5.74, 6) is -2.46. The zero-order valence-electron chi connectivity index (χ0n) is 10.7. The molecular formula is C15H20F2O. The van der Waals surface area contributed by atoms with Crippen LogP contribution in [0, 0.1) is 12.8 Å². The largest absolute Gasteiger partial charge is 0.396 e. The van der Waals surface area contributed by atoms with Gasteiger partial charge < -0.3 is 5.11 Å². The molecule has 1 fully saturated rings. The van der Waals surface area contributed by atoms with E-state index >= 15 is 0 Å². The quantitative estimate of drug-likeness (QED) is 0.864. The van der Waals surface area contributed by atoms with Crippen LogP contribution in [-0.2, 0) is 0 Å². The highest BCUT2D eigenvalue weighted by Crippen LogP contribution is 2.43. The summed E-state index contributed by atoms with van der Waals surface area (Å²) in [6.07, 6.45) is 1.23. The average Bonchev–Trinajstić information content (AvgIpc) is 2.67. The molecule has 1 aliphatic carbocycles. The molecule has 1 aromatic rings. The molecule has 2 unspecified atom stereocenters. The predicted octanol–water partition coefficient (Wildman–Crippen LogP) is 3.90. The van der Waals surface area contributed by atoms with Crippen molar-refractivity contribution in [2.75, 3.05) is 6.61 Å². The first-order valence-electron chi connectivity index (χ1n) is 6.56. The third-order valence-electron chi connectivity index (χ3n) is 3.97. The third-order valence-corrected chi connectivity index (χ3v) is 3.97. The van der Waals surface area contributed by atoms with Crippen LogP contribution in [0.15, 0.2) is 24.3 Å². The van der Waals surface area contributed by atoms with E-state index in [1.165, 1.54) is 0 Å². The van der Waals surface area contributed by atoms with E-state index in [0.717, 1.165) is 11.1 Å². The minimum absolute atomic E-state index is 0.00356. The lowest BCUT2D eigenvalue weighted by molar-refractivity contribution is 0.00416. The SMILES string of the molecule is Cc1ccccc1C(CO)CC1CCC(F)(F)C1. The molecule has 0 radical (unpaired) electrons. The second-order valence-electron chi connectivity index (χ2n) is 5.44. The highest BCUT2D eigenvalue weighted by Gasteiger charge is 2.40. The fraction of sp³-hybridized carbons (Fsp3) is 0.600. The van der Waals surface area contributed by atoms with Gasteiger partial charge in [-0.2, -0.15) is 0 Å². The van der Waals surface area contributed by atoms with E-state index in [0.29, 0.717) is 12.8 Å². The first-order valence-corrected chi connectivity index (χ1v) is 6.56. The van der Waals surface area contributed by atoms with Gasteiger partial charge in [-0.25, -0.2) is 8.78 Å². The molecule has 2 rings (SSSR count). The van der Waals surface area contributed by atoms with Crippen molar-refractivity contribution in [3.8, 4) is 0 Å². The maximum Gasteiger partial charge on any atom is 0.248 e. The van der Waals surface area contributed by atoms with Gasteiger partial charge in [0.25, 0.3) is 0 Å². The van der Waals surface area contributed by atoms with E-state index in [1.54, 1.807) is 0 Å². The molecule has 0 spiro atoms. The number of aliphatic hydroxyl groups excluding tert-OH is 1. The van der Waals surface area contributed by atoms with Crippen LogP contribution in [0.1, 0.15) is 42.7 Å². The maximum atomic E-state index is 13.2. The van der Waals surface area contributed by atoms with E-state index in [9.17, 15) is 13.9 Å². The fourth-order valence-electron chi connectivity index (χ4n) is 2.99. The van der Waals surface area contributed by atoms with Crippen LogP contribution >= 0.6 is 0 Å². The van der Waals surface area contributed by atoms with E-state index in [1.807, 2.05) is 31.2 Å². The average molecular weight is 254 g/mol. The third kappa shape index (κ3) is 3.08. The van der Waals surface area contributed by atoms with Crippen LogP contribution in [0.25, 0.3) is 0 Å². The van der Waals surface area contributed by atoms with Gasteiger partial charge in [0.2, 0.25) is 5.92 Å². The van der Waals surface area contributed by atoms with Crippen molar-refractivity contribution in [2.45, 2.75) is 44.4 Å². The molecule has 1 aliphatic rings. The molecule has 3 heteroatoms. The number of aryl methyl sites for hydroxylation is 1. The number of hydrogen-bond donors (Lipinski definition) is 1. The summed E-state index contributed by atoms with van der Waals surface area (Å²) in [7, 11) is 0. The summed E-state index contributed by atoms with van der Waals surface area (Å²) in [4.78, 5) is 0. The predicted molar refractivity (Wildman–Crippen MR) is 67.9 cm³/mol. The Morgan fingerprint density at radius 1 is 1.39 bits per heavy atom. The van der Waals surface area contributed by atoms with Gasteiger partial charge in [0.15, 0.2) is 0 Å². The van der Waals surface area contributed by atoms with Crippen molar-refractivity contribution in [3.63, 3.8) is 0 Å². The molecule has 0 aromatic heterocycles. The summed E-state index contributed by atoms with van der Waals surface area (Å²) in [5, 5.41) is 9.51. The molecule has 1 N–H and O–H groups in total. The Morgan fingerprint density at radius 2 is 2.11 bits per heavy atom. The first-order chi connectivity index (χ1) is 8.52. The fourth-order valence-corrected chi connectivity index (χ4v) is 2.99. The smallest absolute Gasteiger partial charge is 0.248 e. The van der Waals surface area contributed by atoms with E-state index < -0.39 is 5.92 Å². The molecule has 1 nitrogen and oxygen atoms in total. The molecular weight excluding hydrogens is 234 g/mol. The molecule has 0 aliphatic heterocycles. The van der Waals surface area contributed by atoms with Crippen LogP contribution in [0.2, 0.25) is 0 Å². The van der Waals surface area contributed by atoms with Gasteiger partial charge in [-0.15, -0.1) is 0 Å². The van der Waals surface area contributed by atoms with Gasteiger partial charge in [-0.1, -0.05) is 24.3 Å². The van der Waals surface area contributed by atoms with E-state index in [-0.39, 0.29) is 31.3 Å². The Bertz CT molecular complexity index is 403. The van der Waals surface area contributed by atoms with Crippen molar-refractivity contribution in [2.24, 2.45) is 5.92 Å². The van der Waals surface area contributed by atoms with Gasteiger partial charge in [-0.3, -0.25) is 0 Å². The van der Waals surface area contributed by atoms with Crippen LogP contribution in [0.5, 0.6) is 0 Å². The van der Waals surface area contributed by atoms with E-state index in [4.69, 9.17) is 0 Å². The standard InChI is InChI=1S/C15H20F2O/c1-11-4-2-3-5-14(11)13(10-18)8-12-6-7-15(16,17)9-12/h2-5,12-13,18H,6-10H2,1H3. The van der Waals surface area contributed by atoms with Gasteiger partial charge in [-0.05, 0) is 36.8 Å². The van der Waals surface area contributed by atoms with Gasteiger partial charge in [0.1, 0.15) is 0 Å². The lowest BCUT2D eigenvalue weighted by atomic mass is 9.86. The van der Waals surface area contributed by atoms with Gasteiger partial charge in [0, 0.05) is 25.4 Å². The summed E-state index contributed by atoms with van der Waals surface area (Å²) in [6.45, 7) is 2.04. The van der Waals surface area contributed by atoms with Crippen molar-refractivity contribution in [3.05, 3.63) is 35.4 Å². The Kier molecular flexibility index (Phi) is 4.00. The number of rotatable bonds is 4. The molecule has 0 amide bonds. The molecule has 1 aromatic carbocycles. The zero-order chi connectivity index (χ0) is 13.2. The lowest BCUT2D eigenvalue weighted by Gasteiger charge is -2.20. The van der Waals surface area contributed by atoms with Crippen molar-refractivity contribution < 1.29 is 13.9 Å². The molecule has 1 saturated carbocycles. The van der Waals surface area contributed by atoms with Crippen LogP contribution in [0.3, 0.4) is 0 Å². The second kappa shape index (κ2) is 5.35. The molecule has 0 saturated heterocycles. The monoisotopic (exact) mass is 254 g/mol. The summed E-state index contributed by atoms with van der Waals surface area (Å²) in [5.41, 5.74) is 2.22. The van der Waals surface area contributed by atoms with Crippen molar-refractivity contribution in [1.29, 1.82) is 0 Å². The van der Waals surface area contributed by atoms with Crippen LogP contribution < -0.4 is 0 Å². The van der Waals surface area contributed by atoms with Crippen LogP contribution in [-0.4, -0.2) is 17.6 Å². The normalized spacial score (nSPS) is 24.1. The zero-order valence-corrected chi connectivity index (χ0v) is 10.7. The number of hydrogen-bond acceptors (Lipinski definition) is 1. The Labute approximate surface area is 107 Å². The maximum absolute atomic E-state index is 13.2. The van der Waals surface area contributed by atoms with Gasteiger partial charge >= 0.3 is 0 Å². The number of aliphatic hydroxyl groups is 1. The number of halogens is 2. The molecule has 0 heterocycles. The number of benzene rings is 1. The highest BCUT2D eigenvalue weighted by atomic mass is 19.3. The van der Waals surface area contributed by atoms with Crippen LogP contribution in [0.4, 0.5) is 8.78 Å². The van der Waals surface area contributed by atoms with Crippen molar-refractivity contribution >= 4 is 0 Å². The van der Waals surface area contributed by atoms with Gasteiger partial charge in [0.05, 0.1) is 0 Å². The lowest BCUT2D eigenvalue weighted by Crippen LogP contribution is -2.13. The minimum Gasteiger partial charge on any atom is -0.396 e. The first kappa shape index (κ1) is 13.5. The molecule has 100 valence electrons. The Hall–Kier alpha value is -0.960. The summed E-state index contributed by atoms with van der Waals surface area (Å²) >= 11 is 0. The minimum atomic E-state index is -2.49. The topological polar surface area (TPSA) is 20.2 Å². The Morgan fingerprint density at radius 3 is 2.67 bits per heavy atom. The van der Waals surface area contributed by atoms with E-state index in [2.05, 4.69) is 0 Å². The highest BCUT2D eigenvalue weighted by molar-refractivity contribution is 5.29.